The molecule has 0 aliphatic carbocycles. The normalized spacial score (nSPS) is 16.0. The lowest BCUT2D eigenvalue weighted by atomic mass is 10.0. The third-order valence-corrected chi connectivity index (χ3v) is 5.35. The molecule has 0 amide bonds. The first kappa shape index (κ1) is 15.5. The number of nitrogens with one attached hydrogen (secondary N) is 1. The van der Waals surface area contributed by atoms with Crippen LogP contribution in [0.3, 0.4) is 0 Å². The Bertz CT molecular complexity index is 908. The average Bonchev–Trinajstić information content (AvgIpc) is 3.21. The Morgan fingerprint density at radius 3 is 3.00 bits per heavy atom. The van der Waals surface area contributed by atoms with Crippen molar-refractivity contribution in [2.75, 3.05) is 13.2 Å². The number of aliphatic hydroxyl groups excluding tert-OH is 1. The van der Waals surface area contributed by atoms with Crippen molar-refractivity contribution in [3.63, 3.8) is 0 Å². The van der Waals surface area contributed by atoms with Crippen molar-refractivity contribution >= 4 is 22.6 Å². The van der Waals surface area contributed by atoms with Gasteiger partial charge >= 0.3 is 5.69 Å². The summed E-state index contributed by atoms with van der Waals surface area (Å²) in [6.45, 7) is 2.13. The van der Waals surface area contributed by atoms with Gasteiger partial charge in [-0.15, -0.1) is 11.3 Å². The molecular formula is C16H18N4O3S. The zero-order chi connectivity index (χ0) is 16.5. The first-order valence-corrected chi connectivity index (χ1v) is 8.84. The Morgan fingerprint density at radius 1 is 1.42 bits per heavy atom. The topological polar surface area (TPSA) is 93.0 Å². The third-order valence-electron chi connectivity index (χ3n) is 4.35. The molecule has 0 bridgehead atoms. The molecule has 0 saturated carbocycles. The van der Waals surface area contributed by atoms with Gasteiger partial charge < -0.3 is 9.84 Å². The molecular weight excluding hydrogens is 328 g/mol. The quantitative estimate of drug-likeness (QED) is 0.751. The number of aliphatic hydroxyl groups is 1. The minimum atomic E-state index is -0.170. The number of thiophene rings is 1. The average molecular weight is 346 g/mol. The molecule has 4 rings (SSSR count). The first-order valence-electron chi connectivity index (χ1n) is 7.96. The van der Waals surface area contributed by atoms with Crippen molar-refractivity contribution in [1.82, 2.24) is 19.5 Å². The van der Waals surface area contributed by atoms with Crippen LogP contribution in [-0.4, -0.2) is 37.8 Å². The van der Waals surface area contributed by atoms with Crippen LogP contribution < -0.4 is 5.69 Å². The fourth-order valence-corrected chi connectivity index (χ4v) is 3.85. The summed E-state index contributed by atoms with van der Waals surface area (Å²) in [5, 5.41) is 11.1. The second-order valence-electron chi connectivity index (χ2n) is 6.00. The van der Waals surface area contributed by atoms with Gasteiger partial charge in [-0.2, -0.15) is 0 Å². The van der Waals surface area contributed by atoms with Gasteiger partial charge in [0.15, 0.2) is 11.3 Å². The summed E-state index contributed by atoms with van der Waals surface area (Å²) in [6, 6.07) is 1.90. The largest absolute Gasteiger partial charge is 0.392 e. The SMILES string of the molecule is O=c1[nH]c2ncc(-c3cc(CO)cs3)nc2n1CC1CCOCC1. The van der Waals surface area contributed by atoms with Crippen molar-refractivity contribution < 1.29 is 9.84 Å². The van der Waals surface area contributed by atoms with Gasteiger partial charge in [0.05, 0.1) is 17.7 Å². The number of imidazole rings is 1. The van der Waals surface area contributed by atoms with Gasteiger partial charge in [-0.05, 0) is 35.8 Å². The van der Waals surface area contributed by atoms with Crippen molar-refractivity contribution in [3.8, 4) is 10.6 Å². The van der Waals surface area contributed by atoms with Crippen LogP contribution in [0, 0.1) is 5.92 Å². The van der Waals surface area contributed by atoms with Gasteiger partial charge in [0, 0.05) is 19.8 Å². The van der Waals surface area contributed by atoms with E-state index in [0.29, 0.717) is 29.5 Å². The summed E-state index contributed by atoms with van der Waals surface area (Å²) in [6.07, 6.45) is 3.57. The molecule has 24 heavy (non-hydrogen) atoms. The molecule has 4 heterocycles. The van der Waals surface area contributed by atoms with Crippen LogP contribution in [0.2, 0.25) is 0 Å². The lowest BCUT2D eigenvalue weighted by molar-refractivity contribution is 0.0613. The van der Waals surface area contributed by atoms with E-state index in [9.17, 15) is 9.90 Å². The van der Waals surface area contributed by atoms with Crippen LogP contribution in [0.15, 0.2) is 22.4 Å². The van der Waals surface area contributed by atoms with E-state index in [2.05, 4.69) is 15.0 Å². The van der Waals surface area contributed by atoms with E-state index < -0.39 is 0 Å². The lowest BCUT2D eigenvalue weighted by Gasteiger charge is -2.21. The predicted octanol–water partition coefficient (Wildman–Crippen LogP) is 1.77. The van der Waals surface area contributed by atoms with Crippen LogP contribution >= 0.6 is 11.3 Å². The Hall–Kier alpha value is -2.03. The number of H-pyrrole nitrogens is 1. The van der Waals surface area contributed by atoms with Gasteiger partial charge in [-0.1, -0.05) is 0 Å². The fraction of sp³-hybridized carbons (Fsp3) is 0.438. The zero-order valence-electron chi connectivity index (χ0n) is 13.1. The zero-order valence-corrected chi connectivity index (χ0v) is 13.9. The number of ether oxygens (including phenoxy) is 1. The van der Waals surface area contributed by atoms with E-state index in [1.165, 1.54) is 11.3 Å². The molecule has 0 atom stereocenters. The summed E-state index contributed by atoms with van der Waals surface area (Å²) in [5.74, 6) is 0.420. The monoisotopic (exact) mass is 346 g/mol. The standard InChI is InChI=1S/C16H18N4O3S/c21-8-11-5-13(24-9-11)12-6-17-14-15(18-12)20(16(22)19-14)7-10-1-3-23-4-2-10/h5-6,9-10,21H,1-4,7-8H2,(H,17,19,22). The molecule has 0 radical (unpaired) electrons. The van der Waals surface area contributed by atoms with Gasteiger partial charge in [-0.3, -0.25) is 9.55 Å². The van der Waals surface area contributed by atoms with Crippen LogP contribution in [0.1, 0.15) is 18.4 Å². The highest BCUT2D eigenvalue weighted by Gasteiger charge is 2.19. The fourth-order valence-electron chi connectivity index (χ4n) is 2.99. The van der Waals surface area contributed by atoms with Crippen LogP contribution in [0.4, 0.5) is 0 Å². The van der Waals surface area contributed by atoms with E-state index in [-0.39, 0.29) is 12.3 Å². The number of aromatic amines is 1. The highest BCUT2D eigenvalue weighted by Crippen LogP contribution is 2.26. The molecule has 1 aliphatic rings. The van der Waals surface area contributed by atoms with E-state index >= 15 is 0 Å². The molecule has 2 N–H and O–H groups in total. The molecule has 0 aromatic carbocycles. The number of hydrogen-bond donors (Lipinski definition) is 2. The molecule has 8 heteroatoms. The second kappa shape index (κ2) is 6.46. The van der Waals surface area contributed by atoms with E-state index in [4.69, 9.17) is 4.74 Å². The smallest absolute Gasteiger partial charge is 0.328 e. The van der Waals surface area contributed by atoms with Gasteiger partial charge in [-0.25, -0.2) is 14.8 Å². The molecule has 0 unspecified atom stereocenters. The minimum absolute atomic E-state index is 0.00475. The van der Waals surface area contributed by atoms with Crippen LogP contribution in [-0.2, 0) is 17.9 Å². The molecule has 3 aromatic heterocycles. The maximum Gasteiger partial charge on any atom is 0.328 e. The molecule has 7 nitrogen and oxygen atoms in total. The number of nitrogens with zero attached hydrogens (tertiary/aromatic N) is 3. The van der Waals surface area contributed by atoms with Gasteiger partial charge in [0.1, 0.15) is 5.69 Å². The lowest BCUT2D eigenvalue weighted by Crippen LogP contribution is -2.26. The van der Waals surface area contributed by atoms with E-state index in [1.54, 1.807) is 10.8 Å². The molecule has 3 aromatic rings. The van der Waals surface area contributed by atoms with Crippen molar-refractivity contribution in [2.24, 2.45) is 5.92 Å². The maximum absolute atomic E-state index is 12.3. The number of hydrogen-bond acceptors (Lipinski definition) is 6. The molecule has 126 valence electrons. The molecule has 1 saturated heterocycles. The Kier molecular flexibility index (Phi) is 4.17. The van der Waals surface area contributed by atoms with Gasteiger partial charge in [0.25, 0.3) is 0 Å². The highest BCUT2D eigenvalue weighted by atomic mass is 32.1. The van der Waals surface area contributed by atoms with E-state index in [1.807, 2.05) is 11.4 Å². The molecule has 0 spiro atoms. The number of aromatic nitrogens is 4. The maximum atomic E-state index is 12.3. The van der Waals surface area contributed by atoms with Crippen molar-refractivity contribution in [2.45, 2.75) is 26.0 Å². The van der Waals surface area contributed by atoms with Crippen molar-refractivity contribution in [3.05, 3.63) is 33.7 Å². The molecule has 1 fully saturated rings. The first-order chi connectivity index (χ1) is 11.7. The summed E-state index contributed by atoms with van der Waals surface area (Å²) < 4.78 is 7.07. The number of fused-ring (bicyclic) bond motifs is 1. The highest BCUT2D eigenvalue weighted by molar-refractivity contribution is 7.13. The van der Waals surface area contributed by atoms with Crippen molar-refractivity contribution in [1.29, 1.82) is 0 Å². The second-order valence-corrected chi connectivity index (χ2v) is 6.91. The summed E-state index contributed by atoms with van der Waals surface area (Å²) in [4.78, 5) is 25.0. The Labute approximate surface area is 142 Å². The van der Waals surface area contributed by atoms with Gasteiger partial charge in [0.2, 0.25) is 0 Å². The number of rotatable bonds is 4. The Balaban J connectivity index is 1.71. The van der Waals surface area contributed by atoms with Crippen LogP contribution in [0.5, 0.6) is 0 Å². The summed E-state index contributed by atoms with van der Waals surface area (Å²) >= 11 is 1.51. The van der Waals surface area contributed by atoms with E-state index in [0.717, 1.165) is 36.5 Å². The molecule has 1 aliphatic heterocycles. The van der Waals surface area contributed by atoms with Crippen LogP contribution in [0.25, 0.3) is 21.9 Å². The Morgan fingerprint density at radius 2 is 2.25 bits per heavy atom. The summed E-state index contributed by atoms with van der Waals surface area (Å²) in [5.41, 5.74) is 2.49. The third kappa shape index (κ3) is 2.88. The minimum Gasteiger partial charge on any atom is -0.392 e. The predicted molar refractivity (Wildman–Crippen MR) is 90.9 cm³/mol. The summed E-state index contributed by atoms with van der Waals surface area (Å²) in [7, 11) is 0.